The summed E-state index contributed by atoms with van der Waals surface area (Å²) < 4.78 is 5.33. The quantitative estimate of drug-likeness (QED) is 0.837. The molecule has 1 saturated heterocycles. The van der Waals surface area contributed by atoms with Gasteiger partial charge in [-0.1, -0.05) is 19.8 Å². The maximum atomic E-state index is 11.8. The van der Waals surface area contributed by atoms with Gasteiger partial charge in [0.1, 0.15) is 5.60 Å². The number of nitrogens with one attached hydrogen (secondary N) is 2. The first kappa shape index (κ1) is 15.6. The van der Waals surface area contributed by atoms with Crippen molar-refractivity contribution < 1.29 is 9.53 Å². The average Bonchev–Trinajstić information content (AvgIpc) is 2.31. The average molecular weight is 282 g/mol. The molecule has 1 aliphatic heterocycles. The van der Waals surface area contributed by atoms with Gasteiger partial charge in [0, 0.05) is 13.1 Å². The summed E-state index contributed by atoms with van der Waals surface area (Å²) in [6.07, 6.45) is 4.95. The lowest BCUT2D eigenvalue weighted by atomic mass is 9.52. The number of hydrogen-bond acceptors (Lipinski definition) is 3. The van der Waals surface area contributed by atoms with Gasteiger partial charge in [0.2, 0.25) is 0 Å². The summed E-state index contributed by atoms with van der Waals surface area (Å²) in [5, 5.41) is 6.51. The number of rotatable bonds is 3. The SMILES string of the molecule is CCC1CNCC(CNC(=O)OC(C)(C)C)C12CCC2. The number of hydrogen-bond donors (Lipinski definition) is 2. The minimum atomic E-state index is -0.422. The molecule has 2 aliphatic rings. The third kappa shape index (κ3) is 3.27. The van der Waals surface area contributed by atoms with Crippen molar-refractivity contribution in [1.29, 1.82) is 0 Å². The maximum Gasteiger partial charge on any atom is 0.407 e. The molecule has 0 radical (unpaired) electrons. The second-order valence-corrected chi connectivity index (χ2v) is 7.43. The largest absolute Gasteiger partial charge is 0.444 e. The van der Waals surface area contributed by atoms with Crippen molar-refractivity contribution in [2.24, 2.45) is 17.3 Å². The van der Waals surface area contributed by atoms with Gasteiger partial charge in [0.15, 0.2) is 0 Å². The standard InChI is InChI=1S/C16H30N2O2/c1-5-12-9-17-10-13(16(12)7-6-8-16)11-18-14(19)20-15(2,3)4/h12-13,17H,5-11H2,1-4H3,(H,18,19). The van der Waals surface area contributed by atoms with Crippen molar-refractivity contribution in [2.75, 3.05) is 19.6 Å². The molecule has 20 heavy (non-hydrogen) atoms. The molecule has 1 spiro atoms. The van der Waals surface area contributed by atoms with Gasteiger partial charge in [-0.15, -0.1) is 0 Å². The molecule has 0 aromatic heterocycles. The molecule has 1 saturated carbocycles. The first-order valence-corrected chi connectivity index (χ1v) is 8.05. The fraction of sp³-hybridized carbons (Fsp3) is 0.938. The molecule has 1 amide bonds. The molecule has 2 unspecified atom stereocenters. The summed E-state index contributed by atoms with van der Waals surface area (Å²) in [6.45, 7) is 10.9. The van der Waals surface area contributed by atoms with Crippen molar-refractivity contribution in [2.45, 2.75) is 59.0 Å². The maximum absolute atomic E-state index is 11.8. The molecule has 4 heteroatoms. The lowest BCUT2D eigenvalue weighted by Crippen LogP contribution is -2.58. The summed E-state index contributed by atoms with van der Waals surface area (Å²) in [4.78, 5) is 11.8. The third-order valence-corrected chi connectivity index (χ3v) is 5.08. The van der Waals surface area contributed by atoms with Crippen molar-refractivity contribution in [3.8, 4) is 0 Å². The van der Waals surface area contributed by atoms with Gasteiger partial charge in [-0.25, -0.2) is 4.79 Å². The molecule has 1 heterocycles. The van der Waals surface area contributed by atoms with Crippen LogP contribution in [0.4, 0.5) is 4.79 Å². The fourth-order valence-electron chi connectivity index (χ4n) is 3.92. The van der Waals surface area contributed by atoms with E-state index in [1.807, 2.05) is 20.8 Å². The number of alkyl carbamates (subject to hydrolysis) is 1. The van der Waals surface area contributed by atoms with Crippen LogP contribution in [0, 0.1) is 17.3 Å². The number of ether oxygens (including phenoxy) is 1. The molecule has 116 valence electrons. The minimum absolute atomic E-state index is 0.286. The van der Waals surface area contributed by atoms with Crippen LogP contribution < -0.4 is 10.6 Å². The van der Waals surface area contributed by atoms with Crippen molar-refractivity contribution in [1.82, 2.24) is 10.6 Å². The first-order valence-electron chi connectivity index (χ1n) is 8.05. The zero-order valence-corrected chi connectivity index (χ0v) is 13.4. The highest BCUT2D eigenvalue weighted by molar-refractivity contribution is 5.67. The zero-order valence-electron chi connectivity index (χ0n) is 13.4. The van der Waals surface area contributed by atoms with Crippen LogP contribution in [-0.4, -0.2) is 31.3 Å². The molecule has 4 nitrogen and oxygen atoms in total. The van der Waals surface area contributed by atoms with E-state index in [0.717, 1.165) is 25.6 Å². The van der Waals surface area contributed by atoms with Gasteiger partial charge < -0.3 is 15.4 Å². The molecule has 2 rings (SSSR count). The van der Waals surface area contributed by atoms with Crippen LogP contribution in [0.25, 0.3) is 0 Å². The number of amides is 1. The fourth-order valence-corrected chi connectivity index (χ4v) is 3.92. The van der Waals surface area contributed by atoms with Gasteiger partial charge in [-0.05, 0) is 57.4 Å². The highest BCUT2D eigenvalue weighted by Gasteiger charge is 2.50. The second-order valence-electron chi connectivity index (χ2n) is 7.43. The Balaban J connectivity index is 1.89. The van der Waals surface area contributed by atoms with Crippen molar-refractivity contribution >= 4 is 6.09 Å². The zero-order chi connectivity index (χ0) is 14.8. The molecule has 2 fully saturated rings. The highest BCUT2D eigenvalue weighted by atomic mass is 16.6. The predicted molar refractivity (Wildman–Crippen MR) is 80.7 cm³/mol. The minimum Gasteiger partial charge on any atom is -0.444 e. The molecule has 2 atom stereocenters. The van der Waals surface area contributed by atoms with E-state index in [2.05, 4.69) is 17.6 Å². The van der Waals surface area contributed by atoms with Crippen LogP contribution in [0.3, 0.4) is 0 Å². The van der Waals surface area contributed by atoms with Gasteiger partial charge >= 0.3 is 6.09 Å². The molecule has 1 aliphatic carbocycles. The number of carbonyl (C=O) groups excluding carboxylic acids is 1. The number of piperidine rings is 1. The van der Waals surface area contributed by atoms with Crippen LogP contribution in [0.5, 0.6) is 0 Å². The van der Waals surface area contributed by atoms with Gasteiger partial charge in [-0.2, -0.15) is 0 Å². The van der Waals surface area contributed by atoms with Gasteiger partial charge in [0.05, 0.1) is 0 Å². The Morgan fingerprint density at radius 2 is 1.95 bits per heavy atom. The molecule has 0 bridgehead atoms. The Bertz CT molecular complexity index is 345. The summed E-state index contributed by atoms with van der Waals surface area (Å²) in [7, 11) is 0. The lowest BCUT2D eigenvalue weighted by Gasteiger charge is -2.56. The normalized spacial score (nSPS) is 28.8. The van der Waals surface area contributed by atoms with Crippen LogP contribution in [0.15, 0.2) is 0 Å². The monoisotopic (exact) mass is 282 g/mol. The second kappa shape index (κ2) is 5.92. The van der Waals surface area contributed by atoms with Crippen LogP contribution in [0.1, 0.15) is 53.4 Å². The molecular weight excluding hydrogens is 252 g/mol. The van der Waals surface area contributed by atoms with Crippen LogP contribution in [-0.2, 0) is 4.74 Å². The van der Waals surface area contributed by atoms with Gasteiger partial charge in [0.25, 0.3) is 0 Å². The predicted octanol–water partition coefficient (Wildman–Crippen LogP) is 2.93. The van der Waals surface area contributed by atoms with E-state index >= 15 is 0 Å². The Morgan fingerprint density at radius 3 is 2.45 bits per heavy atom. The van der Waals surface area contributed by atoms with Crippen LogP contribution >= 0.6 is 0 Å². The Labute approximate surface area is 123 Å². The Hall–Kier alpha value is -0.770. The molecular formula is C16H30N2O2. The van der Waals surface area contributed by atoms with E-state index < -0.39 is 5.60 Å². The van der Waals surface area contributed by atoms with E-state index in [9.17, 15) is 4.79 Å². The van der Waals surface area contributed by atoms with Crippen LogP contribution in [0.2, 0.25) is 0 Å². The Kier molecular flexibility index (Phi) is 4.62. The van der Waals surface area contributed by atoms with E-state index in [4.69, 9.17) is 4.74 Å². The summed E-state index contributed by atoms with van der Waals surface area (Å²) >= 11 is 0. The topological polar surface area (TPSA) is 50.4 Å². The number of carbonyl (C=O) groups is 1. The van der Waals surface area contributed by atoms with Crippen molar-refractivity contribution in [3.63, 3.8) is 0 Å². The third-order valence-electron chi connectivity index (χ3n) is 5.08. The van der Waals surface area contributed by atoms with E-state index in [0.29, 0.717) is 11.3 Å². The van der Waals surface area contributed by atoms with E-state index in [1.165, 1.54) is 25.7 Å². The molecule has 0 aromatic carbocycles. The van der Waals surface area contributed by atoms with Gasteiger partial charge in [-0.3, -0.25) is 0 Å². The van der Waals surface area contributed by atoms with E-state index in [-0.39, 0.29) is 6.09 Å². The smallest absolute Gasteiger partial charge is 0.407 e. The Morgan fingerprint density at radius 1 is 1.30 bits per heavy atom. The molecule has 0 aromatic rings. The first-order chi connectivity index (χ1) is 9.37. The summed E-state index contributed by atoms with van der Waals surface area (Å²) in [6, 6.07) is 0. The molecule has 2 N–H and O–H groups in total. The van der Waals surface area contributed by atoms with E-state index in [1.54, 1.807) is 0 Å². The summed E-state index contributed by atoms with van der Waals surface area (Å²) in [5.41, 5.74) is 0.0457. The summed E-state index contributed by atoms with van der Waals surface area (Å²) in [5.74, 6) is 1.30. The lowest BCUT2D eigenvalue weighted by molar-refractivity contribution is -0.0424. The van der Waals surface area contributed by atoms with Crippen molar-refractivity contribution in [3.05, 3.63) is 0 Å². The highest BCUT2D eigenvalue weighted by Crippen LogP contribution is 2.54.